The van der Waals surface area contributed by atoms with Crippen LogP contribution >= 0.6 is 0 Å². The van der Waals surface area contributed by atoms with E-state index in [-0.39, 0.29) is 6.54 Å². The van der Waals surface area contributed by atoms with Gasteiger partial charge in [0.25, 0.3) is 5.91 Å². The number of anilines is 1. The van der Waals surface area contributed by atoms with Crippen LogP contribution in [-0.4, -0.2) is 48.1 Å². The van der Waals surface area contributed by atoms with Crippen LogP contribution in [0.5, 0.6) is 5.75 Å². The second-order valence-electron chi connectivity index (χ2n) is 8.52. The zero-order valence-electron chi connectivity index (χ0n) is 20.0. The summed E-state index contributed by atoms with van der Waals surface area (Å²) in [6.07, 6.45) is -0.774. The number of nitrogens with zero attached hydrogens (tertiary/aromatic N) is 2. The van der Waals surface area contributed by atoms with Gasteiger partial charge in [-0.05, 0) is 57.5 Å². The van der Waals surface area contributed by atoms with Crippen LogP contribution in [0.15, 0.2) is 54.6 Å². The second kappa shape index (κ2) is 11.7. The van der Waals surface area contributed by atoms with Gasteiger partial charge in [-0.3, -0.25) is 9.59 Å². The van der Waals surface area contributed by atoms with E-state index in [0.29, 0.717) is 17.0 Å². The summed E-state index contributed by atoms with van der Waals surface area (Å²) in [5, 5.41) is 14.7. The van der Waals surface area contributed by atoms with Gasteiger partial charge in [0.15, 0.2) is 0 Å². The summed E-state index contributed by atoms with van der Waals surface area (Å²) in [6, 6.07) is 15.2. The van der Waals surface area contributed by atoms with E-state index in [1.165, 1.54) is 14.0 Å². The predicted octanol–water partition coefficient (Wildman–Crippen LogP) is 3.64. The number of hydrogen-bond acceptors (Lipinski definition) is 6. The molecule has 0 saturated heterocycles. The standard InChI is InChI=1S/C25H30N4O5/c1-17(27-24(32)34-25(2,3)4)23(31)29(16-15-26)21(18-9-7-6-8-10-18)22(30)28-19-11-13-20(33-5)14-12-19/h6-14,17,21H,16H2,1-5H3,(H,27,32)(H,28,30). The Kier molecular flexibility index (Phi) is 9.01. The molecular weight excluding hydrogens is 436 g/mol. The van der Waals surface area contributed by atoms with Gasteiger partial charge in [-0.2, -0.15) is 5.26 Å². The monoisotopic (exact) mass is 466 g/mol. The molecule has 0 radical (unpaired) electrons. The third kappa shape index (κ3) is 7.52. The highest BCUT2D eigenvalue weighted by Crippen LogP contribution is 2.25. The Morgan fingerprint density at radius 3 is 2.21 bits per heavy atom. The summed E-state index contributed by atoms with van der Waals surface area (Å²) in [5.74, 6) is -0.489. The number of rotatable bonds is 8. The highest BCUT2D eigenvalue weighted by Gasteiger charge is 2.34. The normalized spacial score (nSPS) is 12.5. The first-order valence-electron chi connectivity index (χ1n) is 10.7. The van der Waals surface area contributed by atoms with Crippen molar-refractivity contribution in [1.29, 1.82) is 5.26 Å². The van der Waals surface area contributed by atoms with Crippen LogP contribution in [0.2, 0.25) is 0 Å². The quantitative estimate of drug-likeness (QED) is 0.573. The number of carbonyl (C=O) groups excluding carboxylic acids is 3. The fourth-order valence-electron chi connectivity index (χ4n) is 3.16. The van der Waals surface area contributed by atoms with Crippen molar-refractivity contribution in [2.75, 3.05) is 19.0 Å². The molecule has 2 atom stereocenters. The predicted molar refractivity (Wildman–Crippen MR) is 127 cm³/mol. The van der Waals surface area contributed by atoms with E-state index in [0.717, 1.165) is 4.90 Å². The molecule has 0 aromatic heterocycles. The maximum absolute atomic E-state index is 13.4. The number of ether oxygens (including phenoxy) is 2. The number of nitriles is 1. The van der Waals surface area contributed by atoms with Gasteiger partial charge < -0.3 is 25.0 Å². The topological polar surface area (TPSA) is 121 Å². The van der Waals surface area contributed by atoms with E-state index < -0.39 is 35.6 Å². The summed E-state index contributed by atoms with van der Waals surface area (Å²) >= 11 is 0. The third-order valence-corrected chi connectivity index (χ3v) is 4.66. The first-order chi connectivity index (χ1) is 16.1. The smallest absolute Gasteiger partial charge is 0.408 e. The molecule has 2 aromatic carbocycles. The van der Waals surface area contributed by atoms with Gasteiger partial charge in [0.1, 0.15) is 30.0 Å². The van der Waals surface area contributed by atoms with Crippen molar-refractivity contribution in [3.8, 4) is 11.8 Å². The average molecular weight is 467 g/mol. The maximum atomic E-state index is 13.4. The number of carbonyl (C=O) groups is 3. The molecule has 0 aliphatic rings. The Hall–Kier alpha value is -4.06. The molecule has 34 heavy (non-hydrogen) atoms. The van der Waals surface area contributed by atoms with Crippen LogP contribution in [0.3, 0.4) is 0 Å². The molecule has 3 amide bonds. The molecule has 2 rings (SSSR count). The lowest BCUT2D eigenvalue weighted by Gasteiger charge is -2.32. The van der Waals surface area contributed by atoms with E-state index in [1.54, 1.807) is 75.4 Å². The van der Waals surface area contributed by atoms with Crippen molar-refractivity contribution < 1.29 is 23.9 Å². The van der Waals surface area contributed by atoms with E-state index in [4.69, 9.17) is 9.47 Å². The van der Waals surface area contributed by atoms with Crippen molar-refractivity contribution in [1.82, 2.24) is 10.2 Å². The number of benzene rings is 2. The molecule has 2 unspecified atom stereocenters. The SMILES string of the molecule is COc1ccc(NC(=O)C(c2ccccc2)N(CC#N)C(=O)C(C)NC(=O)OC(C)(C)C)cc1. The Morgan fingerprint density at radius 2 is 1.68 bits per heavy atom. The van der Waals surface area contributed by atoms with E-state index in [1.807, 2.05) is 6.07 Å². The molecule has 0 aliphatic carbocycles. The lowest BCUT2D eigenvalue weighted by atomic mass is 10.0. The number of hydrogen-bond donors (Lipinski definition) is 2. The Morgan fingerprint density at radius 1 is 1.06 bits per heavy atom. The van der Waals surface area contributed by atoms with E-state index in [9.17, 15) is 19.6 Å². The van der Waals surface area contributed by atoms with Crippen LogP contribution < -0.4 is 15.4 Å². The van der Waals surface area contributed by atoms with Crippen LogP contribution in [0.25, 0.3) is 0 Å². The number of nitrogens with one attached hydrogen (secondary N) is 2. The average Bonchev–Trinajstić information content (AvgIpc) is 2.78. The van der Waals surface area contributed by atoms with Gasteiger partial charge in [-0.15, -0.1) is 0 Å². The molecule has 180 valence electrons. The van der Waals surface area contributed by atoms with Crippen molar-refractivity contribution in [2.24, 2.45) is 0 Å². The zero-order valence-corrected chi connectivity index (χ0v) is 20.0. The lowest BCUT2D eigenvalue weighted by molar-refractivity contribution is -0.139. The van der Waals surface area contributed by atoms with Crippen LogP contribution in [0.1, 0.15) is 39.3 Å². The fraction of sp³-hybridized carbons (Fsp3) is 0.360. The molecule has 0 fully saturated rings. The first-order valence-corrected chi connectivity index (χ1v) is 10.7. The maximum Gasteiger partial charge on any atom is 0.408 e. The minimum atomic E-state index is -1.11. The van der Waals surface area contributed by atoms with E-state index in [2.05, 4.69) is 10.6 Å². The molecule has 0 aliphatic heterocycles. The van der Waals surface area contributed by atoms with Gasteiger partial charge in [0.05, 0.1) is 13.2 Å². The number of amides is 3. The van der Waals surface area contributed by atoms with Crippen molar-refractivity contribution in [3.63, 3.8) is 0 Å². The Balaban J connectivity index is 2.33. The third-order valence-electron chi connectivity index (χ3n) is 4.66. The van der Waals surface area contributed by atoms with Gasteiger partial charge in [-0.1, -0.05) is 30.3 Å². The van der Waals surface area contributed by atoms with Crippen molar-refractivity contribution in [3.05, 3.63) is 60.2 Å². The molecule has 2 N–H and O–H groups in total. The summed E-state index contributed by atoms with van der Waals surface area (Å²) in [6.45, 7) is 6.22. The first kappa shape index (κ1) is 26.2. The largest absolute Gasteiger partial charge is 0.497 e. The second-order valence-corrected chi connectivity index (χ2v) is 8.52. The Bertz CT molecular complexity index is 1030. The highest BCUT2D eigenvalue weighted by atomic mass is 16.6. The summed E-state index contributed by atoms with van der Waals surface area (Å²) in [7, 11) is 1.54. The molecule has 9 nitrogen and oxygen atoms in total. The molecule has 2 aromatic rings. The minimum Gasteiger partial charge on any atom is -0.497 e. The molecule has 0 saturated carbocycles. The molecule has 0 spiro atoms. The molecule has 0 bridgehead atoms. The summed E-state index contributed by atoms with van der Waals surface area (Å²) in [4.78, 5) is 40.0. The molecular formula is C25H30N4O5. The van der Waals surface area contributed by atoms with Gasteiger partial charge in [0.2, 0.25) is 5.91 Å². The minimum absolute atomic E-state index is 0.366. The summed E-state index contributed by atoms with van der Waals surface area (Å²) < 4.78 is 10.3. The van der Waals surface area contributed by atoms with Crippen LogP contribution in [0, 0.1) is 11.3 Å². The van der Waals surface area contributed by atoms with Crippen molar-refractivity contribution in [2.45, 2.75) is 45.4 Å². The van der Waals surface area contributed by atoms with Crippen LogP contribution in [0.4, 0.5) is 10.5 Å². The lowest BCUT2D eigenvalue weighted by Crippen LogP contribution is -2.51. The van der Waals surface area contributed by atoms with Gasteiger partial charge >= 0.3 is 6.09 Å². The fourth-order valence-corrected chi connectivity index (χ4v) is 3.16. The van der Waals surface area contributed by atoms with Gasteiger partial charge in [0, 0.05) is 5.69 Å². The molecule has 9 heteroatoms. The number of methoxy groups -OCH3 is 1. The van der Waals surface area contributed by atoms with Crippen LogP contribution in [-0.2, 0) is 14.3 Å². The molecule has 0 heterocycles. The van der Waals surface area contributed by atoms with Gasteiger partial charge in [-0.25, -0.2) is 4.79 Å². The van der Waals surface area contributed by atoms with E-state index >= 15 is 0 Å². The summed E-state index contributed by atoms with van der Waals surface area (Å²) in [5.41, 5.74) is 0.266. The highest BCUT2D eigenvalue weighted by molar-refractivity contribution is 5.99. The zero-order chi connectivity index (χ0) is 25.3. The Labute approximate surface area is 199 Å². The number of alkyl carbamates (subject to hydrolysis) is 1. The van der Waals surface area contributed by atoms with Crippen molar-refractivity contribution >= 4 is 23.6 Å².